The summed E-state index contributed by atoms with van der Waals surface area (Å²) in [5, 5.41) is 0. The Labute approximate surface area is 90.6 Å². The van der Waals surface area contributed by atoms with Crippen LogP contribution in [0.3, 0.4) is 0 Å². The molecule has 0 saturated carbocycles. The van der Waals surface area contributed by atoms with Crippen molar-refractivity contribution in [1.82, 2.24) is 9.88 Å². The number of halogens is 1. The maximum atomic E-state index is 11.8. The summed E-state index contributed by atoms with van der Waals surface area (Å²) in [5.74, 6) is 0.0313. The van der Waals surface area contributed by atoms with Crippen LogP contribution in [0.15, 0.2) is 35.1 Å². The largest absolute Gasteiger partial charge is 0.331 e. The highest BCUT2D eigenvalue weighted by molar-refractivity contribution is 9.10. The van der Waals surface area contributed by atoms with Crippen LogP contribution in [0, 0.1) is 0 Å². The fourth-order valence-corrected chi connectivity index (χ4v) is 1.72. The lowest BCUT2D eigenvalue weighted by molar-refractivity contribution is 0.0799. The molecular weight excluding hydrogens is 244 g/mol. The monoisotopic (exact) mass is 252 g/mol. The van der Waals surface area contributed by atoms with Crippen molar-refractivity contribution in [3.05, 3.63) is 40.6 Å². The molecule has 0 radical (unpaired) electrons. The zero-order chi connectivity index (χ0) is 9.97. The quantitative estimate of drug-likeness (QED) is 0.715. The summed E-state index contributed by atoms with van der Waals surface area (Å²) in [7, 11) is 0. The molecule has 1 aliphatic heterocycles. The van der Waals surface area contributed by atoms with E-state index in [9.17, 15) is 4.79 Å². The Morgan fingerprint density at radius 1 is 1.36 bits per heavy atom. The lowest BCUT2D eigenvalue weighted by Gasteiger charge is -2.14. The molecule has 0 aliphatic carbocycles. The van der Waals surface area contributed by atoms with Crippen LogP contribution in [0.5, 0.6) is 0 Å². The van der Waals surface area contributed by atoms with Crippen molar-refractivity contribution in [2.24, 2.45) is 0 Å². The molecule has 0 bridgehead atoms. The lowest BCUT2D eigenvalue weighted by atomic mass is 10.2. The number of hydrogen-bond acceptors (Lipinski definition) is 2. The molecule has 1 aliphatic rings. The van der Waals surface area contributed by atoms with E-state index in [1.165, 1.54) is 0 Å². The van der Waals surface area contributed by atoms with Crippen LogP contribution in [0.1, 0.15) is 10.4 Å². The highest BCUT2D eigenvalue weighted by Gasteiger charge is 2.16. The minimum Gasteiger partial charge on any atom is -0.331 e. The molecule has 3 nitrogen and oxygen atoms in total. The molecular formula is C10H9BrN2O. The van der Waals surface area contributed by atoms with Crippen molar-refractivity contribution in [1.29, 1.82) is 0 Å². The van der Waals surface area contributed by atoms with Gasteiger partial charge in [0.15, 0.2) is 0 Å². The molecule has 0 N–H and O–H groups in total. The molecule has 0 aromatic carbocycles. The Kier molecular flexibility index (Phi) is 2.63. The summed E-state index contributed by atoms with van der Waals surface area (Å²) in [6, 6.07) is 1.79. The molecule has 0 spiro atoms. The number of aromatic nitrogens is 1. The third-order valence-corrected chi connectivity index (χ3v) is 2.49. The molecule has 0 unspecified atom stereocenters. The molecule has 4 heteroatoms. The van der Waals surface area contributed by atoms with Crippen molar-refractivity contribution in [2.75, 3.05) is 13.1 Å². The van der Waals surface area contributed by atoms with Gasteiger partial charge in [-0.25, -0.2) is 0 Å². The Balaban J connectivity index is 2.18. The second kappa shape index (κ2) is 3.92. The van der Waals surface area contributed by atoms with Gasteiger partial charge in [0.25, 0.3) is 5.91 Å². The summed E-state index contributed by atoms with van der Waals surface area (Å²) in [5.41, 5.74) is 0.628. The van der Waals surface area contributed by atoms with Gasteiger partial charge in [-0.3, -0.25) is 9.78 Å². The van der Waals surface area contributed by atoms with Crippen molar-refractivity contribution in [2.45, 2.75) is 0 Å². The predicted octanol–water partition coefficient (Wildman–Crippen LogP) is 1.86. The summed E-state index contributed by atoms with van der Waals surface area (Å²) >= 11 is 3.29. The highest BCUT2D eigenvalue weighted by Crippen LogP contribution is 2.12. The Morgan fingerprint density at radius 3 is 2.71 bits per heavy atom. The molecule has 0 atom stereocenters. The first kappa shape index (κ1) is 9.40. The van der Waals surface area contributed by atoms with E-state index in [4.69, 9.17) is 0 Å². The maximum Gasteiger partial charge on any atom is 0.256 e. The van der Waals surface area contributed by atoms with Gasteiger partial charge >= 0.3 is 0 Å². The normalized spacial score (nSPS) is 14.8. The fraction of sp³-hybridized carbons (Fsp3) is 0.200. The molecule has 2 heterocycles. The number of nitrogens with zero attached hydrogens (tertiary/aromatic N) is 2. The van der Waals surface area contributed by atoms with Gasteiger partial charge in [0, 0.05) is 30.0 Å². The van der Waals surface area contributed by atoms with Crippen molar-refractivity contribution < 1.29 is 4.79 Å². The summed E-state index contributed by atoms with van der Waals surface area (Å²) in [4.78, 5) is 17.6. The Hall–Kier alpha value is -1.16. The molecule has 72 valence electrons. The van der Waals surface area contributed by atoms with E-state index < -0.39 is 0 Å². The maximum absolute atomic E-state index is 11.8. The topological polar surface area (TPSA) is 33.2 Å². The third-order valence-electron chi connectivity index (χ3n) is 2.06. The van der Waals surface area contributed by atoms with Crippen LogP contribution >= 0.6 is 15.9 Å². The first-order valence-corrected chi connectivity index (χ1v) is 5.11. The van der Waals surface area contributed by atoms with E-state index in [1.54, 1.807) is 23.4 Å². The average Bonchev–Trinajstić information content (AvgIpc) is 2.69. The van der Waals surface area contributed by atoms with Gasteiger partial charge in [-0.2, -0.15) is 0 Å². The minimum absolute atomic E-state index is 0.0313. The standard InChI is InChI=1S/C10H9BrN2O/c11-9-5-8(6-12-7-9)10(14)13-3-1-2-4-13/h1-2,5-7H,3-4H2. The van der Waals surface area contributed by atoms with E-state index >= 15 is 0 Å². The van der Waals surface area contributed by atoms with Crippen LogP contribution in [0.4, 0.5) is 0 Å². The van der Waals surface area contributed by atoms with Gasteiger partial charge < -0.3 is 4.90 Å². The first-order valence-electron chi connectivity index (χ1n) is 4.32. The number of amides is 1. The van der Waals surface area contributed by atoms with E-state index in [1.807, 2.05) is 12.2 Å². The zero-order valence-corrected chi connectivity index (χ0v) is 9.07. The number of carbonyl (C=O) groups excluding carboxylic acids is 1. The molecule has 0 fully saturated rings. The molecule has 1 amide bonds. The van der Waals surface area contributed by atoms with Gasteiger partial charge in [-0.05, 0) is 22.0 Å². The number of rotatable bonds is 1. The lowest BCUT2D eigenvalue weighted by Crippen LogP contribution is -2.28. The highest BCUT2D eigenvalue weighted by atomic mass is 79.9. The minimum atomic E-state index is 0.0313. The van der Waals surface area contributed by atoms with Crippen molar-refractivity contribution in [3.63, 3.8) is 0 Å². The first-order chi connectivity index (χ1) is 6.77. The van der Waals surface area contributed by atoms with Crippen molar-refractivity contribution >= 4 is 21.8 Å². The number of hydrogen-bond donors (Lipinski definition) is 0. The zero-order valence-electron chi connectivity index (χ0n) is 7.48. The SMILES string of the molecule is O=C(c1cncc(Br)c1)N1CC=CC1. The van der Waals surface area contributed by atoms with E-state index in [2.05, 4.69) is 20.9 Å². The predicted molar refractivity (Wildman–Crippen MR) is 57.0 cm³/mol. The van der Waals surface area contributed by atoms with Gasteiger partial charge in [-0.15, -0.1) is 0 Å². The van der Waals surface area contributed by atoms with E-state index in [0.717, 1.165) is 4.47 Å². The Bertz CT molecular complexity index is 381. The number of pyridine rings is 1. The van der Waals surface area contributed by atoms with Crippen LogP contribution in [0.2, 0.25) is 0 Å². The van der Waals surface area contributed by atoms with E-state index in [-0.39, 0.29) is 5.91 Å². The molecule has 14 heavy (non-hydrogen) atoms. The second-order valence-corrected chi connectivity index (χ2v) is 3.99. The molecule has 2 rings (SSSR count). The molecule has 0 saturated heterocycles. The smallest absolute Gasteiger partial charge is 0.256 e. The van der Waals surface area contributed by atoms with Crippen LogP contribution in [-0.4, -0.2) is 28.9 Å². The van der Waals surface area contributed by atoms with Crippen LogP contribution < -0.4 is 0 Å². The second-order valence-electron chi connectivity index (χ2n) is 3.07. The summed E-state index contributed by atoms with van der Waals surface area (Å²) in [6.07, 6.45) is 7.23. The van der Waals surface area contributed by atoms with Crippen molar-refractivity contribution in [3.8, 4) is 0 Å². The van der Waals surface area contributed by atoms with Crippen LogP contribution in [0.25, 0.3) is 0 Å². The fourth-order valence-electron chi connectivity index (χ4n) is 1.36. The summed E-state index contributed by atoms with van der Waals surface area (Å²) in [6.45, 7) is 1.40. The van der Waals surface area contributed by atoms with Gasteiger partial charge in [0.1, 0.15) is 0 Å². The molecule has 1 aromatic rings. The van der Waals surface area contributed by atoms with Gasteiger partial charge in [0.05, 0.1) is 5.56 Å². The average molecular weight is 253 g/mol. The molecule has 1 aromatic heterocycles. The van der Waals surface area contributed by atoms with E-state index in [0.29, 0.717) is 18.7 Å². The number of carbonyl (C=O) groups is 1. The Morgan fingerprint density at radius 2 is 2.07 bits per heavy atom. The third kappa shape index (κ3) is 1.85. The van der Waals surface area contributed by atoms with Gasteiger partial charge in [-0.1, -0.05) is 12.2 Å². The van der Waals surface area contributed by atoms with Gasteiger partial charge in [0.2, 0.25) is 0 Å². The van der Waals surface area contributed by atoms with Crippen LogP contribution in [-0.2, 0) is 0 Å². The summed E-state index contributed by atoms with van der Waals surface area (Å²) < 4.78 is 0.829.